The predicted octanol–water partition coefficient (Wildman–Crippen LogP) is 4.65. The number of rotatable bonds is 3. The van der Waals surface area contributed by atoms with E-state index in [4.69, 9.17) is 16.3 Å². The fourth-order valence-corrected chi connectivity index (χ4v) is 5.05. The molecule has 0 bridgehead atoms. The third-order valence-electron chi connectivity index (χ3n) is 6.71. The van der Waals surface area contributed by atoms with Crippen molar-refractivity contribution in [2.45, 2.75) is 19.3 Å². The van der Waals surface area contributed by atoms with E-state index in [2.05, 4.69) is 27.3 Å². The van der Waals surface area contributed by atoms with Gasteiger partial charge in [-0.15, -0.1) is 0 Å². The predicted molar refractivity (Wildman–Crippen MR) is 121 cm³/mol. The number of methoxy groups -OCH3 is 1. The molecule has 2 aromatic carbocycles. The first-order valence-electron chi connectivity index (χ1n) is 10.4. The van der Waals surface area contributed by atoms with E-state index in [-0.39, 0.29) is 10.8 Å². The normalized spacial score (nSPS) is 18.3. The summed E-state index contributed by atoms with van der Waals surface area (Å²) in [5.74, 6) is 0.324. The van der Waals surface area contributed by atoms with E-state index < -0.39 is 0 Å². The van der Waals surface area contributed by atoms with Crippen LogP contribution in [0.5, 0.6) is 11.5 Å². The number of piperidine rings is 1. The molecule has 2 aliphatic heterocycles. The largest absolute Gasteiger partial charge is 0.503 e. The van der Waals surface area contributed by atoms with Gasteiger partial charge in [0, 0.05) is 37.3 Å². The Kier molecular flexibility index (Phi) is 4.95. The minimum atomic E-state index is -0.0388. The zero-order valence-electron chi connectivity index (χ0n) is 17.0. The highest BCUT2D eigenvalue weighted by Gasteiger charge is 2.37. The van der Waals surface area contributed by atoms with Crippen LogP contribution < -0.4 is 15.0 Å². The summed E-state index contributed by atoms with van der Waals surface area (Å²) in [6.45, 7) is 4.38. The summed E-state index contributed by atoms with van der Waals surface area (Å²) >= 11 is 6.22. The Morgan fingerprint density at radius 3 is 2.73 bits per heavy atom. The molecule has 5 rings (SSSR count). The molecule has 2 aliphatic rings. The number of fused-ring (bicyclic) bond motifs is 1. The van der Waals surface area contributed by atoms with Crippen LogP contribution in [-0.2, 0) is 0 Å². The molecule has 3 heterocycles. The van der Waals surface area contributed by atoms with Crippen LogP contribution in [0, 0.1) is 11.5 Å². The molecule has 0 atom stereocenters. The molecule has 0 saturated carbocycles. The second kappa shape index (κ2) is 7.64. The number of phenols is 1. The zero-order chi connectivity index (χ0) is 20.7. The molecule has 2 N–H and O–H groups in total. The first kappa shape index (κ1) is 19.5. The summed E-state index contributed by atoms with van der Waals surface area (Å²) in [4.78, 5) is 6.97. The van der Waals surface area contributed by atoms with Crippen molar-refractivity contribution in [2.75, 3.05) is 38.2 Å². The summed E-state index contributed by atoms with van der Waals surface area (Å²) < 4.78 is 5.27. The highest BCUT2D eigenvalue weighted by molar-refractivity contribution is 6.32. The Balaban J connectivity index is 1.51. The number of anilines is 1. The lowest BCUT2D eigenvalue weighted by Crippen LogP contribution is -2.41. The van der Waals surface area contributed by atoms with Crippen molar-refractivity contribution in [3.8, 4) is 22.6 Å². The van der Waals surface area contributed by atoms with Crippen LogP contribution in [0.4, 0.5) is 5.69 Å². The molecule has 0 aliphatic carbocycles. The number of hydrogen-bond donors (Lipinski definition) is 2. The molecule has 155 valence electrons. The summed E-state index contributed by atoms with van der Waals surface area (Å²) in [5, 5.41) is 14.9. The number of hydrogen-bond acceptors (Lipinski definition) is 5. The Morgan fingerprint density at radius 2 is 2.00 bits per heavy atom. The number of phenolic OH excluding ortho intramolecular Hbond substituents is 1. The van der Waals surface area contributed by atoms with Crippen molar-refractivity contribution in [2.24, 2.45) is 5.41 Å². The minimum Gasteiger partial charge on any atom is -0.503 e. The molecular formula is C24H25ClN3O2. The first-order chi connectivity index (χ1) is 14.6. The number of benzene rings is 2. The fourth-order valence-electron chi connectivity index (χ4n) is 4.84. The van der Waals surface area contributed by atoms with Crippen LogP contribution in [0.2, 0.25) is 5.02 Å². The summed E-state index contributed by atoms with van der Waals surface area (Å²) in [5.41, 5.74) is 4.43. The van der Waals surface area contributed by atoms with Crippen molar-refractivity contribution in [3.63, 3.8) is 0 Å². The number of pyridine rings is 1. The molecule has 30 heavy (non-hydrogen) atoms. The third kappa shape index (κ3) is 3.36. The monoisotopic (exact) mass is 422 g/mol. The van der Waals surface area contributed by atoms with Crippen LogP contribution >= 0.6 is 11.6 Å². The van der Waals surface area contributed by atoms with Gasteiger partial charge in [0.05, 0.1) is 23.3 Å². The van der Waals surface area contributed by atoms with Crippen LogP contribution in [-0.4, -0.2) is 43.4 Å². The van der Waals surface area contributed by atoms with Gasteiger partial charge in [-0.2, -0.15) is 0 Å². The fraction of sp³-hybridized carbons (Fsp3) is 0.375. The number of aromatic hydroxyl groups is 1. The van der Waals surface area contributed by atoms with Crippen LogP contribution in [0.15, 0.2) is 36.5 Å². The maximum Gasteiger partial charge on any atom is 0.176 e. The van der Waals surface area contributed by atoms with E-state index in [0.717, 1.165) is 53.9 Å². The number of nitrogens with zero attached hydrogens (tertiary/aromatic N) is 2. The maximum atomic E-state index is 10.1. The van der Waals surface area contributed by atoms with Gasteiger partial charge in [0.2, 0.25) is 0 Å². The van der Waals surface area contributed by atoms with E-state index in [0.29, 0.717) is 11.2 Å². The van der Waals surface area contributed by atoms with Crippen LogP contribution in [0.1, 0.15) is 19.3 Å². The lowest BCUT2D eigenvalue weighted by atomic mass is 9.77. The number of aromatic nitrogens is 1. The van der Waals surface area contributed by atoms with Gasteiger partial charge in [0.1, 0.15) is 0 Å². The van der Waals surface area contributed by atoms with Crippen molar-refractivity contribution in [1.82, 2.24) is 10.3 Å². The molecule has 0 unspecified atom stereocenters. The van der Waals surface area contributed by atoms with E-state index in [1.54, 1.807) is 18.3 Å². The second-order valence-electron chi connectivity index (χ2n) is 8.41. The van der Waals surface area contributed by atoms with E-state index in [9.17, 15) is 5.11 Å². The molecule has 1 radical (unpaired) electrons. The number of halogens is 1. The minimum absolute atomic E-state index is 0.0388. The highest BCUT2D eigenvalue weighted by Crippen LogP contribution is 2.41. The van der Waals surface area contributed by atoms with Crippen LogP contribution in [0.3, 0.4) is 0 Å². The van der Waals surface area contributed by atoms with Crippen molar-refractivity contribution >= 4 is 28.2 Å². The van der Waals surface area contributed by atoms with Gasteiger partial charge in [0.25, 0.3) is 0 Å². The lowest BCUT2D eigenvalue weighted by molar-refractivity contribution is 0.247. The lowest BCUT2D eigenvalue weighted by Gasteiger charge is -2.40. The Morgan fingerprint density at radius 1 is 1.17 bits per heavy atom. The van der Waals surface area contributed by atoms with Gasteiger partial charge in [-0.05, 0) is 66.6 Å². The molecule has 2 saturated heterocycles. The third-order valence-corrected chi connectivity index (χ3v) is 7.00. The number of nitrogens with one attached hydrogen (secondary N) is 1. The van der Waals surface area contributed by atoms with Gasteiger partial charge >= 0.3 is 0 Å². The van der Waals surface area contributed by atoms with Gasteiger partial charge in [0.15, 0.2) is 11.5 Å². The molecule has 3 aromatic rings. The van der Waals surface area contributed by atoms with Crippen molar-refractivity contribution in [3.05, 3.63) is 47.6 Å². The smallest absolute Gasteiger partial charge is 0.176 e. The van der Waals surface area contributed by atoms with Crippen molar-refractivity contribution in [1.29, 1.82) is 0 Å². The van der Waals surface area contributed by atoms with Gasteiger partial charge in [-0.1, -0.05) is 17.7 Å². The SMILES string of the molecule is COc1cc(-c2ccc3nc[c]c(N4CCC5(CCNC5)CC4)c3c2)cc(Cl)c1O. The Labute approximate surface area is 181 Å². The van der Waals surface area contributed by atoms with Crippen LogP contribution in [0.25, 0.3) is 22.0 Å². The average molecular weight is 423 g/mol. The molecular weight excluding hydrogens is 398 g/mol. The molecule has 1 aromatic heterocycles. The van der Waals surface area contributed by atoms with Crippen molar-refractivity contribution < 1.29 is 9.84 Å². The first-order valence-corrected chi connectivity index (χ1v) is 10.8. The highest BCUT2D eigenvalue weighted by atomic mass is 35.5. The molecule has 1 spiro atoms. The maximum absolute atomic E-state index is 10.1. The quantitative estimate of drug-likeness (QED) is 0.643. The second-order valence-corrected chi connectivity index (χ2v) is 8.81. The van der Waals surface area contributed by atoms with E-state index in [1.807, 2.05) is 12.1 Å². The molecule has 6 heteroatoms. The topological polar surface area (TPSA) is 57.6 Å². The van der Waals surface area contributed by atoms with Gasteiger partial charge in [-0.25, -0.2) is 0 Å². The van der Waals surface area contributed by atoms with Gasteiger partial charge < -0.3 is 20.1 Å². The standard InChI is InChI=1S/C24H25ClN3O2/c1-30-22-14-17(13-19(25)23(22)29)16-2-3-20-18(12-16)21(4-8-27-20)28-10-6-24(7-11-28)5-9-26-15-24/h2-3,8,12-14,26,29H,5-7,9-11,15H2,1H3. The summed E-state index contributed by atoms with van der Waals surface area (Å²) in [6, 6.07) is 13.1. The zero-order valence-corrected chi connectivity index (χ0v) is 17.8. The summed E-state index contributed by atoms with van der Waals surface area (Å²) in [6.07, 6.45) is 5.48. The number of ether oxygens (including phenoxy) is 1. The van der Waals surface area contributed by atoms with Gasteiger partial charge in [-0.3, -0.25) is 4.98 Å². The Bertz CT molecular complexity index is 1090. The average Bonchev–Trinajstić information content (AvgIpc) is 3.23. The van der Waals surface area contributed by atoms with E-state index >= 15 is 0 Å². The molecule has 5 nitrogen and oxygen atoms in total. The molecule has 2 fully saturated rings. The molecule has 0 amide bonds. The van der Waals surface area contributed by atoms with E-state index in [1.165, 1.54) is 26.4 Å². The summed E-state index contributed by atoms with van der Waals surface area (Å²) in [7, 11) is 1.52. The Hall–Kier alpha value is -2.50.